The Kier molecular flexibility index (Phi) is 8.60. The van der Waals surface area contributed by atoms with Crippen LogP contribution >= 0.6 is 0 Å². The SMILES string of the molecule is COCCNC(=NCc1ccc([N+](=O)[O-])cc1)N1CCN(CC(=O)N2CCCC2)CC1. The fourth-order valence-electron chi connectivity index (χ4n) is 3.80. The van der Waals surface area contributed by atoms with Gasteiger partial charge in [-0.3, -0.25) is 19.8 Å². The minimum atomic E-state index is -0.404. The van der Waals surface area contributed by atoms with Crippen LogP contribution in [0.2, 0.25) is 0 Å². The van der Waals surface area contributed by atoms with Gasteiger partial charge in [0.25, 0.3) is 5.69 Å². The van der Waals surface area contributed by atoms with Crippen molar-refractivity contribution in [3.05, 3.63) is 39.9 Å². The van der Waals surface area contributed by atoms with E-state index in [1.54, 1.807) is 19.2 Å². The topological polar surface area (TPSA) is 104 Å². The number of nitro benzene ring substituents is 1. The van der Waals surface area contributed by atoms with Crippen LogP contribution in [0.4, 0.5) is 5.69 Å². The first-order valence-electron chi connectivity index (χ1n) is 10.8. The summed E-state index contributed by atoms with van der Waals surface area (Å²) in [5.41, 5.74) is 0.984. The molecular weight excluding hydrogens is 400 g/mol. The van der Waals surface area contributed by atoms with E-state index in [-0.39, 0.29) is 11.6 Å². The van der Waals surface area contributed by atoms with Crippen LogP contribution in [0.15, 0.2) is 29.3 Å². The van der Waals surface area contributed by atoms with Crippen LogP contribution in [-0.4, -0.2) is 97.6 Å². The summed E-state index contributed by atoms with van der Waals surface area (Å²) >= 11 is 0. The van der Waals surface area contributed by atoms with Crippen molar-refractivity contribution in [2.45, 2.75) is 19.4 Å². The average molecular weight is 433 g/mol. The van der Waals surface area contributed by atoms with Crippen LogP contribution in [0.5, 0.6) is 0 Å². The second-order valence-electron chi connectivity index (χ2n) is 7.83. The zero-order chi connectivity index (χ0) is 22.1. The largest absolute Gasteiger partial charge is 0.383 e. The molecule has 2 heterocycles. The normalized spacial score (nSPS) is 17.8. The number of aliphatic imine (C=N–C) groups is 1. The summed E-state index contributed by atoms with van der Waals surface area (Å²) in [6, 6.07) is 6.46. The molecule has 2 aliphatic heterocycles. The van der Waals surface area contributed by atoms with Crippen molar-refractivity contribution in [2.24, 2.45) is 4.99 Å². The number of ether oxygens (including phenoxy) is 1. The highest BCUT2D eigenvalue weighted by Crippen LogP contribution is 2.13. The van der Waals surface area contributed by atoms with Gasteiger partial charge in [-0.05, 0) is 18.4 Å². The number of methoxy groups -OCH3 is 1. The van der Waals surface area contributed by atoms with Crippen LogP contribution in [0.1, 0.15) is 18.4 Å². The Morgan fingerprint density at radius 2 is 1.77 bits per heavy atom. The van der Waals surface area contributed by atoms with Crippen LogP contribution in [0, 0.1) is 10.1 Å². The zero-order valence-electron chi connectivity index (χ0n) is 18.2. The number of amides is 1. The minimum absolute atomic E-state index is 0.0748. The Bertz CT molecular complexity index is 756. The second kappa shape index (κ2) is 11.6. The molecule has 0 bridgehead atoms. The van der Waals surface area contributed by atoms with Gasteiger partial charge in [0.2, 0.25) is 5.91 Å². The Hall–Kier alpha value is -2.72. The molecule has 0 aliphatic carbocycles. The predicted octanol–water partition coefficient (Wildman–Crippen LogP) is 0.927. The number of likely N-dealkylation sites (tertiary alicyclic amines) is 1. The van der Waals surface area contributed by atoms with Crippen molar-refractivity contribution >= 4 is 17.6 Å². The molecule has 2 aliphatic rings. The summed E-state index contributed by atoms with van der Waals surface area (Å²) in [5.74, 6) is 1.03. The molecule has 10 nitrogen and oxygen atoms in total. The summed E-state index contributed by atoms with van der Waals surface area (Å²) in [6.45, 7) is 7.09. The molecule has 3 rings (SSSR count). The van der Waals surface area contributed by atoms with Gasteiger partial charge in [-0.15, -0.1) is 0 Å². The maximum Gasteiger partial charge on any atom is 0.269 e. The molecule has 0 saturated carbocycles. The van der Waals surface area contributed by atoms with E-state index in [9.17, 15) is 14.9 Å². The summed E-state index contributed by atoms with van der Waals surface area (Å²) < 4.78 is 5.14. The fraction of sp³-hybridized carbons (Fsp3) is 0.619. The number of piperazine rings is 1. The highest BCUT2D eigenvalue weighted by atomic mass is 16.6. The molecule has 1 N–H and O–H groups in total. The summed E-state index contributed by atoms with van der Waals surface area (Å²) in [5, 5.41) is 14.2. The second-order valence-corrected chi connectivity index (χ2v) is 7.83. The van der Waals surface area contributed by atoms with E-state index >= 15 is 0 Å². The molecule has 0 atom stereocenters. The van der Waals surface area contributed by atoms with Crippen molar-refractivity contribution in [3.63, 3.8) is 0 Å². The van der Waals surface area contributed by atoms with Gasteiger partial charge in [-0.25, -0.2) is 4.99 Å². The van der Waals surface area contributed by atoms with Gasteiger partial charge in [0.15, 0.2) is 5.96 Å². The quantitative estimate of drug-likeness (QED) is 0.214. The number of guanidine groups is 1. The van der Waals surface area contributed by atoms with Crippen molar-refractivity contribution < 1.29 is 14.5 Å². The lowest BCUT2D eigenvalue weighted by molar-refractivity contribution is -0.384. The summed E-state index contributed by atoms with van der Waals surface area (Å²) in [4.78, 5) is 33.9. The lowest BCUT2D eigenvalue weighted by atomic mass is 10.2. The predicted molar refractivity (Wildman–Crippen MR) is 118 cm³/mol. The van der Waals surface area contributed by atoms with Crippen molar-refractivity contribution in [1.82, 2.24) is 20.0 Å². The maximum atomic E-state index is 12.4. The number of carbonyl (C=O) groups is 1. The molecule has 1 aromatic carbocycles. The van der Waals surface area contributed by atoms with E-state index in [0.717, 1.165) is 63.6 Å². The molecule has 0 radical (unpaired) electrons. The monoisotopic (exact) mass is 432 g/mol. The maximum absolute atomic E-state index is 12.4. The van der Waals surface area contributed by atoms with Crippen LogP contribution in [-0.2, 0) is 16.1 Å². The molecule has 0 aromatic heterocycles. The Balaban J connectivity index is 1.55. The number of nitrogens with one attached hydrogen (secondary N) is 1. The average Bonchev–Trinajstić information content (AvgIpc) is 3.32. The Morgan fingerprint density at radius 1 is 1.10 bits per heavy atom. The number of nitro groups is 1. The standard InChI is InChI=1S/C21H32N6O4/c1-31-15-8-22-21(23-16-18-4-6-19(7-5-18)27(29)30)26-13-11-24(12-14-26)17-20(28)25-9-2-3-10-25/h4-7H,2-3,8-17H2,1H3,(H,22,23). The third-order valence-electron chi connectivity index (χ3n) is 5.64. The first kappa shape index (κ1) is 23.0. The third kappa shape index (κ3) is 6.90. The molecule has 0 spiro atoms. The third-order valence-corrected chi connectivity index (χ3v) is 5.64. The lowest BCUT2D eigenvalue weighted by Gasteiger charge is -2.36. The van der Waals surface area contributed by atoms with Crippen molar-refractivity contribution in [1.29, 1.82) is 0 Å². The van der Waals surface area contributed by atoms with Gasteiger partial charge in [0.1, 0.15) is 0 Å². The number of carbonyl (C=O) groups excluding carboxylic acids is 1. The molecule has 10 heteroatoms. The van der Waals surface area contributed by atoms with Crippen molar-refractivity contribution in [3.8, 4) is 0 Å². The molecular formula is C21H32N6O4. The summed E-state index contributed by atoms with van der Waals surface area (Å²) in [7, 11) is 1.66. The Morgan fingerprint density at radius 3 is 2.39 bits per heavy atom. The molecule has 0 unspecified atom stereocenters. The van der Waals surface area contributed by atoms with Gasteiger partial charge in [0.05, 0.1) is 24.6 Å². The smallest absolute Gasteiger partial charge is 0.269 e. The van der Waals surface area contributed by atoms with Crippen molar-refractivity contribution in [2.75, 3.05) is 66.1 Å². The van der Waals surface area contributed by atoms with Gasteiger partial charge in [-0.1, -0.05) is 12.1 Å². The highest BCUT2D eigenvalue weighted by Gasteiger charge is 2.24. The fourth-order valence-corrected chi connectivity index (χ4v) is 3.80. The van der Waals surface area contributed by atoms with E-state index in [1.807, 2.05) is 4.90 Å². The molecule has 31 heavy (non-hydrogen) atoms. The van der Waals surface area contributed by atoms with Gasteiger partial charge >= 0.3 is 0 Å². The molecule has 1 aromatic rings. The minimum Gasteiger partial charge on any atom is -0.383 e. The number of benzene rings is 1. The summed E-state index contributed by atoms with van der Waals surface area (Å²) in [6.07, 6.45) is 2.22. The molecule has 2 fully saturated rings. The number of rotatable bonds is 8. The van der Waals surface area contributed by atoms with Gasteiger partial charge in [0, 0.05) is 65.1 Å². The number of hydrogen-bond acceptors (Lipinski definition) is 6. The first-order valence-corrected chi connectivity index (χ1v) is 10.8. The number of non-ortho nitro benzene ring substituents is 1. The zero-order valence-corrected chi connectivity index (χ0v) is 18.2. The van der Waals surface area contributed by atoms with Gasteiger partial charge in [-0.2, -0.15) is 0 Å². The molecule has 170 valence electrons. The van der Waals surface area contributed by atoms with Gasteiger partial charge < -0.3 is 19.9 Å². The first-order chi connectivity index (χ1) is 15.1. The van der Waals surface area contributed by atoms with Crippen LogP contribution in [0.25, 0.3) is 0 Å². The van der Waals surface area contributed by atoms with E-state index in [1.165, 1.54) is 12.1 Å². The molecule has 2 saturated heterocycles. The Labute approximate surface area is 183 Å². The molecule has 1 amide bonds. The van der Waals surface area contributed by atoms with Crippen LogP contribution in [0.3, 0.4) is 0 Å². The van der Waals surface area contributed by atoms with E-state index in [2.05, 4.69) is 15.1 Å². The van der Waals surface area contributed by atoms with E-state index in [4.69, 9.17) is 9.73 Å². The van der Waals surface area contributed by atoms with Crippen LogP contribution < -0.4 is 5.32 Å². The van der Waals surface area contributed by atoms with E-state index in [0.29, 0.717) is 26.2 Å². The number of hydrogen-bond donors (Lipinski definition) is 1. The highest BCUT2D eigenvalue weighted by molar-refractivity contribution is 5.80. The van der Waals surface area contributed by atoms with E-state index < -0.39 is 4.92 Å². The lowest BCUT2D eigenvalue weighted by Crippen LogP contribution is -2.54. The number of nitrogens with zero attached hydrogens (tertiary/aromatic N) is 5.